The summed E-state index contributed by atoms with van der Waals surface area (Å²) in [6, 6.07) is 0. The van der Waals surface area contributed by atoms with E-state index in [1.807, 2.05) is 0 Å². The largest absolute Gasteiger partial charge is 0.469 e. The van der Waals surface area contributed by atoms with Gasteiger partial charge in [-0.2, -0.15) is 0 Å². The van der Waals surface area contributed by atoms with Gasteiger partial charge < -0.3 is 9.84 Å². The molecule has 3 rings (SSSR count). The van der Waals surface area contributed by atoms with Crippen LogP contribution in [0.3, 0.4) is 0 Å². The van der Waals surface area contributed by atoms with Crippen molar-refractivity contribution in [2.24, 2.45) is 34.5 Å². The molecule has 0 bridgehead atoms. The van der Waals surface area contributed by atoms with Gasteiger partial charge in [0.2, 0.25) is 0 Å². The zero-order valence-electron chi connectivity index (χ0n) is 15.5. The fourth-order valence-corrected chi connectivity index (χ4v) is 6.46. The highest BCUT2D eigenvalue weighted by molar-refractivity contribution is 5.87. The van der Waals surface area contributed by atoms with Crippen LogP contribution in [-0.4, -0.2) is 30.1 Å². The van der Waals surface area contributed by atoms with Crippen LogP contribution in [0.25, 0.3) is 0 Å². The van der Waals surface area contributed by atoms with Crippen LogP contribution in [-0.2, 0) is 14.3 Å². The third-order valence-electron chi connectivity index (χ3n) is 8.03. The van der Waals surface area contributed by atoms with Crippen molar-refractivity contribution in [1.29, 1.82) is 0 Å². The van der Waals surface area contributed by atoms with Crippen molar-refractivity contribution in [2.75, 3.05) is 7.11 Å². The van der Waals surface area contributed by atoms with Crippen molar-refractivity contribution in [1.82, 2.24) is 0 Å². The van der Waals surface area contributed by atoms with E-state index >= 15 is 0 Å². The second kappa shape index (κ2) is 6.12. The maximum absolute atomic E-state index is 12.4. The fourth-order valence-electron chi connectivity index (χ4n) is 6.46. The first-order valence-corrected chi connectivity index (χ1v) is 9.53. The maximum atomic E-state index is 12.4. The fraction of sp³-hybridized carbons (Fsp3) is 0.900. The Balaban J connectivity index is 1.89. The first-order chi connectivity index (χ1) is 11.2. The minimum absolute atomic E-state index is 0.140. The number of carbonyl (C=O) groups excluding carboxylic acids is 2. The lowest BCUT2D eigenvalue weighted by molar-refractivity contribution is -0.163. The summed E-state index contributed by atoms with van der Waals surface area (Å²) in [4.78, 5) is 24.8. The predicted molar refractivity (Wildman–Crippen MR) is 91.2 cm³/mol. The van der Waals surface area contributed by atoms with Crippen molar-refractivity contribution >= 4 is 11.8 Å². The number of ketones is 1. The van der Waals surface area contributed by atoms with Gasteiger partial charge in [0.05, 0.1) is 19.1 Å². The molecule has 0 unspecified atom stereocenters. The van der Waals surface area contributed by atoms with E-state index in [9.17, 15) is 14.7 Å². The summed E-state index contributed by atoms with van der Waals surface area (Å²) < 4.78 is 5.08. The number of fused-ring (bicyclic) bond motifs is 1. The molecule has 3 fully saturated rings. The van der Waals surface area contributed by atoms with Gasteiger partial charge in [-0.1, -0.05) is 20.8 Å². The van der Waals surface area contributed by atoms with Gasteiger partial charge in [0.1, 0.15) is 5.78 Å². The first kappa shape index (κ1) is 17.9. The average molecular weight is 336 g/mol. The molecule has 0 heterocycles. The molecule has 3 aliphatic carbocycles. The molecule has 4 heteroatoms. The Labute approximate surface area is 145 Å². The molecule has 7 atom stereocenters. The quantitative estimate of drug-likeness (QED) is 0.785. The second-order valence-corrected chi connectivity index (χ2v) is 9.00. The van der Waals surface area contributed by atoms with E-state index in [4.69, 9.17) is 4.74 Å². The number of methoxy groups -OCH3 is 1. The van der Waals surface area contributed by atoms with Crippen molar-refractivity contribution < 1.29 is 19.4 Å². The van der Waals surface area contributed by atoms with Gasteiger partial charge in [-0.3, -0.25) is 9.59 Å². The number of hydrogen-bond acceptors (Lipinski definition) is 4. The number of ether oxygens (including phenoxy) is 1. The van der Waals surface area contributed by atoms with Crippen LogP contribution in [0, 0.1) is 34.5 Å². The normalized spacial score (nSPS) is 48.9. The molecule has 0 spiro atoms. The smallest absolute Gasteiger partial charge is 0.309 e. The molecule has 1 N–H and O–H groups in total. The molecule has 4 nitrogen and oxygen atoms in total. The van der Waals surface area contributed by atoms with Crippen molar-refractivity contribution in [3.05, 3.63) is 0 Å². The number of aliphatic hydroxyl groups is 1. The van der Waals surface area contributed by atoms with E-state index in [0.717, 1.165) is 32.1 Å². The Hall–Kier alpha value is -0.900. The van der Waals surface area contributed by atoms with Crippen molar-refractivity contribution in [2.45, 2.75) is 71.8 Å². The third kappa shape index (κ3) is 2.53. The van der Waals surface area contributed by atoms with Crippen molar-refractivity contribution in [3.8, 4) is 0 Å². The number of esters is 1. The molecular weight excluding hydrogens is 304 g/mol. The third-order valence-corrected chi connectivity index (χ3v) is 8.03. The van der Waals surface area contributed by atoms with Gasteiger partial charge in [-0.05, 0) is 61.7 Å². The van der Waals surface area contributed by atoms with Crippen LogP contribution in [0.15, 0.2) is 0 Å². The van der Waals surface area contributed by atoms with Gasteiger partial charge in [0.25, 0.3) is 0 Å². The number of rotatable bonds is 2. The minimum Gasteiger partial charge on any atom is -0.469 e. The van der Waals surface area contributed by atoms with Crippen LogP contribution < -0.4 is 0 Å². The van der Waals surface area contributed by atoms with Gasteiger partial charge >= 0.3 is 5.97 Å². The molecule has 0 radical (unpaired) electrons. The summed E-state index contributed by atoms with van der Waals surface area (Å²) in [7, 11) is 1.45. The predicted octanol–water partition coefficient (Wildman–Crippen LogP) is 3.36. The number of carbonyl (C=O) groups is 2. The van der Waals surface area contributed by atoms with E-state index in [-0.39, 0.29) is 22.7 Å². The molecule has 0 amide bonds. The second-order valence-electron chi connectivity index (χ2n) is 9.00. The molecule has 0 aromatic rings. The number of aliphatic hydroxyl groups excluding tert-OH is 1. The highest BCUT2D eigenvalue weighted by Gasteiger charge is 2.58. The summed E-state index contributed by atoms with van der Waals surface area (Å²) >= 11 is 0. The molecule has 0 saturated heterocycles. The molecule has 0 aromatic heterocycles. The van der Waals surface area contributed by atoms with Crippen LogP contribution >= 0.6 is 0 Å². The zero-order chi connectivity index (χ0) is 17.7. The molecule has 0 aromatic carbocycles. The van der Waals surface area contributed by atoms with Crippen molar-refractivity contribution in [3.63, 3.8) is 0 Å². The monoisotopic (exact) mass is 336 g/mol. The zero-order valence-corrected chi connectivity index (χ0v) is 15.5. The topological polar surface area (TPSA) is 63.6 Å². The van der Waals surface area contributed by atoms with E-state index in [0.29, 0.717) is 36.4 Å². The summed E-state index contributed by atoms with van der Waals surface area (Å²) in [5, 5.41) is 10.1. The first-order valence-electron chi connectivity index (χ1n) is 9.53. The molecule has 136 valence electrons. The van der Waals surface area contributed by atoms with E-state index in [1.165, 1.54) is 7.11 Å². The van der Waals surface area contributed by atoms with E-state index in [2.05, 4.69) is 20.8 Å². The maximum Gasteiger partial charge on any atom is 0.309 e. The van der Waals surface area contributed by atoms with E-state index in [1.54, 1.807) is 0 Å². The highest BCUT2D eigenvalue weighted by Crippen LogP contribution is 2.61. The number of Topliss-reactive ketones (excluding diaryl/α,β-unsaturated/α-hetero) is 1. The molecular formula is C20H32O4. The molecule has 3 saturated carbocycles. The minimum atomic E-state index is -0.403. The standard InChI is InChI=1S/C20H32O4/c1-12-14-5-6-17(22)20(14,3)10-8-15(12)19(2)9-7-13(21)11-16(19)18(23)24-4/h12-16,21H,5-11H2,1-4H3/t12-,13-,14-,15-,16+,19+,20-/m0/s1. The average Bonchev–Trinajstić information content (AvgIpc) is 2.85. The Morgan fingerprint density at radius 1 is 1.17 bits per heavy atom. The number of hydrogen-bond donors (Lipinski definition) is 1. The Morgan fingerprint density at radius 2 is 1.88 bits per heavy atom. The lowest BCUT2D eigenvalue weighted by Crippen LogP contribution is -2.52. The molecule has 3 aliphatic rings. The van der Waals surface area contributed by atoms with Crippen LogP contribution in [0.1, 0.15) is 65.7 Å². The Bertz CT molecular complexity index is 530. The van der Waals surface area contributed by atoms with Crippen LogP contribution in [0.4, 0.5) is 0 Å². The SMILES string of the molecule is COC(=O)[C@H]1C[C@@H](O)CC[C@]1(C)[C@H]1CC[C@]2(C)C(=O)CC[C@H]2[C@@H]1C. The molecule has 24 heavy (non-hydrogen) atoms. The van der Waals surface area contributed by atoms with Gasteiger partial charge in [-0.25, -0.2) is 0 Å². The lowest BCUT2D eigenvalue weighted by atomic mass is 9.50. The highest BCUT2D eigenvalue weighted by atomic mass is 16.5. The summed E-state index contributed by atoms with van der Waals surface area (Å²) in [6.07, 6.45) is 5.38. The summed E-state index contributed by atoms with van der Waals surface area (Å²) in [5.74, 6) is 1.30. The van der Waals surface area contributed by atoms with Crippen LogP contribution in [0.2, 0.25) is 0 Å². The Kier molecular flexibility index (Phi) is 4.57. The van der Waals surface area contributed by atoms with Crippen LogP contribution in [0.5, 0.6) is 0 Å². The lowest BCUT2D eigenvalue weighted by Gasteiger charge is -2.54. The van der Waals surface area contributed by atoms with E-state index < -0.39 is 6.10 Å². The van der Waals surface area contributed by atoms with Gasteiger partial charge in [-0.15, -0.1) is 0 Å². The van der Waals surface area contributed by atoms with Gasteiger partial charge in [0, 0.05) is 11.8 Å². The summed E-state index contributed by atoms with van der Waals surface area (Å²) in [6.45, 7) is 6.67. The summed E-state index contributed by atoms with van der Waals surface area (Å²) in [5.41, 5.74) is -0.292. The molecule has 0 aliphatic heterocycles. The Morgan fingerprint density at radius 3 is 2.54 bits per heavy atom. The van der Waals surface area contributed by atoms with Gasteiger partial charge in [0.15, 0.2) is 0 Å².